The summed E-state index contributed by atoms with van der Waals surface area (Å²) in [5.41, 5.74) is 17.9. The van der Waals surface area contributed by atoms with E-state index in [1.165, 1.54) is 0 Å². The third-order valence-corrected chi connectivity index (χ3v) is 5.15. The minimum atomic E-state index is 0.430. The van der Waals surface area contributed by atoms with Crippen LogP contribution in [0.1, 0.15) is 5.56 Å². The largest absolute Gasteiger partial charge is 0.384 e. The molecule has 0 aliphatic carbocycles. The average molecular weight is 407 g/mol. The van der Waals surface area contributed by atoms with Crippen LogP contribution in [0.3, 0.4) is 0 Å². The van der Waals surface area contributed by atoms with Crippen LogP contribution in [0.5, 0.6) is 0 Å². The van der Waals surface area contributed by atoms with E-state index in [9.17, 15) is 0 Å². The summed E-state index contributed by atoms with van der Waals surface area (Å²) in [5, 5.41) is 11.2. The number of nitrogen functional groups attached to an aromatic ring is 2. The van der Waals surface area contributed by atoms with Crippen LogP contribution >= 0.6 is 0 Å². The molecule has 0 fully saturated rings. The van der Waals surface area contributed by atoms with E-state index in [0.717, 1.165) is 38.9 Å². The molecule has 3 aromatic heterocycles. The maximum absolute atomic E-state index is 6.13. The molecule has 0 amide bonds. The molecule has 2 aromatic carbocycles. The van der Waals surface area contributed by atoms with Gasteiger partial charge in [0.05, 0.1) is 11.2 Å². The van der Waals surface area contributed by atoms with Crippen LogP contribution in [-0.2, 0) is 6.54 Å². The first-order valence-electron chi connectivity index (χ1n) is 9.92. The summed E-state index contributed by atoms with van der Waals surface area (Å²) in [5.74, 6) is 1.60. The molecule has 152 valence electrons. The van der Waals surface area contributed by atoms with Gasteiger partial charge in [0.15, 0.2) is 5.82 Å². The van der Waals surface area contributed by atoms with Crippen molar-refractivity contribution < 1.29 is 0 Å². The van der Waals surface area contributed by atoms with Crippen molar-refractivity contribution in [1.29, 1.82) is 0 Å². The number of benzene rings is 2. The number of rotatable bonds is 5. The maximum Gasteiger partial charge on any atom is 0.153 e. The number of anilines is 3. The number of nitrogens with two attached hydrogens (primary N) is 2. The fraction of sp³-hybridized carbons (Fsp3) is 0.0417. The highest BCUT2D eigenvalue weighted by Gasteiger charge is 2.13. The Morgan fingerprint density at radius 3 is 2.61 bits per heavy atom. The van der Waals surface area contributed by atoms with Crippen molar-refractivity contribution in [1.82, 2.24) is 20.2 Å². The van der Waals surface area contributed by atoms with Gasteiger partial charge in [-0.2, -0.15) is 5.10 Å². The van der Waals surface area contributed by atoms with Crippen molar-refractivity contribution in [3.63, 3.8) is 0 Å². The number of fused-ring (bicyclic) bond motifs is 1. The Morgan fingerprint density at radius 1 is 0.871 bits per heavy atom. The lowest BCUT2D eigenvalue weighted by Crippen LogP contribution is -2.03. The van der Waals surface area contributed by atoms with Gasteiger partial charge in [0.1, 0.15) is 11.6 Å². The number of pyridine rings is 2. The fourth-order valence-electron chi connectivity index (χ4n) is 3.64. The summed E-state index contributed by atoms with van der Waals surface area (Å²) in [7, 11) is 0. The van der Waals surface area contributed by atoms with Crippen molar-refractivity contribution in [3.05, 3.63) is 84.6 Å². The molecule has 5 rings (SSSR count). The molecule has 0 unspecified atom stereocenters. The second kappa shape index (κ2) is 7.79. The third kappa shape index (κ3) is 3.76. The van der Waals surface area contributed by atoms with Crippen LogP contribution in [0.2, 0.25) is 0 Å². The van der Waals surface area contributed by atoms with Gasteiger partial charge >= 0.3 is 0 Å². The molecule has 6 N–H and O–H groups in total. The van der Waals surface area contributed by atoms with Crippen LogP contribution in [-0.4, -0.2) is 20.2 Å². The van der Waals surface area contributed by atoms with Crippen LogP contribution < -0.4 is 16.8 Å². The highest BCUT2D eigenvalue weighted by atomic mass is 15.1. The van der Waals surface area contributed by atoms with Gasteiger partial charge in [0.2, 0.25) is 0 Å². The quantitative estimate of drug-likeness (QED) is 0.341. The Morgan fingerprint density at radius 2 is 1.74 bits per heavy atom. The predicted molar refractivity (Wildman–Crippen MR) is 125 cm³/mol. The van der Waals surface area contributed by atoms with Crippen LogP contribution in [0.4, 0.5) is 17.5 Å². The number of nitrogens with one attached hydrogen (secondary N) is 2. The molecule has 7 heteroatoms. The van der Waals surface area contributed by atoms with Gasteiger partial charge in [-0.05, 0) is 41.5 Å². The molecular formula is C24H21N7. The molecule has 0 aliphatic heterocycles. The Labute approximate surface area is 179 Å². The molecule has 0 radical (unpaired) electrons. The SMILES string of the molecule is Nc1cc(-c2ncccc2-c2ccc3[nH]nc(N)c3c2)cc(NCc2ccccc2)n1. The number of nitrogens with zero attached hydrogens (tertiary/aromatic N) is 3. The fourth-order valence-corrected chi connectivity index (χ4v) is 3.64. The lowest BCUT2D eigenvalue weighted by Gasteiger charge is -2.12. The molecule has 7 nitrogen and oxygen atoms in total. The van der Waals surface area contributed by atoms with Gasteiger partial charge in [0, 0.05) is 29.3 Å². The van der Waals surface area contributed by atoms with E-state index in [1.807, 2.05) is 60.7 Å². The molecule has 0 bridgehead atoms. The first-order valence-corrected chi connectivity index (χ1v) is 9.92. The smallest absolute Gasteiger partial charge is 0.153 e. The summed E-state index contributed by atoms with van der Waals surface area (Å²) in [6.45, 7) is 0.655. The normalized spacial score (nSPS) is 11.0. The molecule has 0 atom stereocenters. The van der Waals surface area contributed by atoms with E-state index in [2.05, 4.69) is 37.6 Å². The third-order valence-electron chi connectivity index (χ3n) is 5.15. The summed E-state index contributed by atoms with van der Waals surface area (Å²) >= 11 is 0. The molecule has 0 aliphatic rings. The Hall–Kier alpha value is -4.39. The number of H-pyrrole nitrogens is 1. The lowest BCUT2D eigenvalue weighted by molar-refractivity contribution is 1.11. The Bertz CT molecular complexity index is 1360. The standard InChI is InChI=1S/C24H21N7/c25-21-12-17(13-22(29-21)28-14-15-5-2-1-3-6-15)23-18(7-4-10-27-23)16-8-9-20-19(11-16)24(26)31-30-20/h1-13H,14H2,(H3,25,28,29)(H3,26,30,31). The Balaban J connectivity index is 1.53. The molecular weight excluding hydrogens is 386 g/mol. The van der Waals surface area contributed by atoms with Crippen molar-refractivity contribution in [2.75, 3.05) is 16.8 Å². The minimum absolute atomic E-state index is 0.430. The Kier molecular flexibility index (Phi) is 4.68. The molecule has 5 aromatic rings. The second-order valence-electron chi connectivity index (χ2n) is 7.27. The van der Waals surface area contributed by atoms with Gasteiger partial charge in [0.25, 0.3) is 0 Å². The van der Waals surface area contributed by atoms with Gasteiger partial charge < -0.3 is 16.8 Å². The number of hydrogen-bond acceptors (Lipinski definition) is 6. The van der Waals surface area contributed by atoms with Crippen molar-refractivity contribution in [2.24, 2.45) is 0 Å². The highest BCUT2D eigenvalue weighted by Crippen LogP contribution is 2.34. The van der Waals surface area contributed by atoms with Crippen molar-refractivity contribution >= 4 is 28.4 Å². The summed E-state index contributed by atoms with van der Waals surface area (Å²) < 4.78 is 0. The second-order valence-corrected chi connectivity index (χ2v) is 7.27. The highest BCUT2D eigenvalue weighted by molar-refractivity contribution is 5.94. The van der Waals surface area contributed by atoms with Gasteiger partial charge in [-0.25, -0.2) is 4.98 Å². The summed E-state index contributed by atoms with van der Waals surface area (Å²) in [6.07, 6.45) is 1.78. The van der Waals surface area contributed by atoms with E-state index in [-0.39, 0.29) is 0 Å². The first-order chi connectivity index (χ1) is 15.2. The van der Waals surface area contributed by atoms with E-state index in [1.54, 1.807) is 6.20 Å². The number of hydrogen-bond donors (Lipinski definition) is 4. The number of aromatic nitrogens is 4. The van der Waals surface area contributed by atoms with E-state index in [4.69, 9.17) is 11.5 Å². The van der Waals surface area contributed by atoms with Crippen LogP contribution in [0.25, 0.3) is 33.3 Å². The van der Waals surface area contributed by atoms with E-state index < -0.39 is 0 Å². The van der Waals surface area contributed by atoms with Crippen molar-refractivity contribution in [2.45, 2.75) is 6.54 Å². The topological polar surface area (TPSA) is 119 Å². The predicted octanol–water partition coefficient (Wildman–Crippen LogP) is 4.46. The number of aromatic amines is 1. The van der Waals surface area contributed by atoms with Gasteiger partial charge in [-0.1, -0.05) is 42.5 Å². The first kappa shape index (κ1) is 18.6. The monoisotopic (exact) mass is 407 g/mol. The van der Waals surface area contributed by atoms with Gasteiger partial charge in [-0.15, -0.1) is 0 Å². The summed E-state index contributed by atoms with van der Waals surface area (Å²) in [4.78, 5) is 9.08. The maximum atomic E-state index is 6.13. The minimum Gasteiger partial charge on any atom is -0.384 e. The van der Waals surface area contributed by atoms with Crippen LogP contribution in [0, 0.1) is 0 Å². The van der Waals surface area contributed by atoms with Crippen LogP contribution in [0.15, 0.2) is 79.0 Å². The van der Waals surface area contributed by atoms with E-state index in [0.29, 0.717) is 24.0 Å². The molecule has 0 saturated carbocycles. The molecule has 0 saturated heterocycles. The average Bonchev–Trinajstić information content (AvgIpc) is 3.18. The zero-order valence-corrected chi connectivity index (χ0v) is 16.7. The molecule has 0 spiro atoms. The lowest BCUT2D eigenvalue weighted by atomic mass is 9.98. The van der Waals surface area contributed by atoms with Crippen molar-refractivity contribution in [3.8, 4) is 22.4 Å². The summed E-state index contributed by atoms with van der Waals surface area (Å²) in [6, 6.07) is 23.9. The van der Waals surface area contributed by atoms with Gasteiger partial charge in [-0.3, -0.25) is 10.1 Å². The zero-order valence-electron chi connectivity index (χ0n) is 16.7. The molecule has 31 heavy (non-hydrogen) atoms. The molecule has 3 heterocycles. The van der Waals surface area contributed by atoms with E-state index >= 15 is 0 Å². The zero-order chi connectivity index (χ0) is 21.2.